The van der Waals surface area contributed by atoms with Gasteiger partial charge in [0, 0.05) is 18.5 Å². The van der Waals surface area contributed by atoms with Gasteiger partial charge in [0.1, 0.15) is 5.52 Å². The molecule has 2 heterocycles. The van der Waals surface area contributed by atoms with Crippen LogP contribution in [0.4, 0.5) is 5.69 Å². The number of hydrogen-bond acceptors (Lipinski definition) is 5. The molecule has 0 amide bonds. The van der Waals surface area contributed by atoms with Gasteiger partial charge in [-0.15, -0.1) is 0 Å². The van der Waals surface area contributed by atoms with Crippen molar-refractivity contribution in [1.29, 1.82) is 0 Å². The smallest absolute Gasteiger partial charge is 0.258 e. The third-order valence-electron chi connectivity index (χ3n) is 3.39. The van der Waals surface area contributed by atoms with Gasteiger partial charge in [-0.2, -0.15) is 5.10 Å². The monoisotopic (exact) mass is 291 g/mol. The first-order chi connectivity index (χ1) is 10.7. The number of nitro groups is 1. The standard InChI is InChI=1S/C15H9N5O2/c21-20(22)13-7-6-12-14(15(13)19-9-3-8-16-19)18-11-5-2-1-4-10(11)17-12/h1-9H. The predicted octanol–water partition coefficient (Wildman–Crippen LogP) is 2.88. The predicted molar refractivity (Wildman–Crippen MR) is 80.8 cm³/mol. The summed E-state index contributed by atoms with van der Waals surface area (Å²) in [5.41, 5.74) is 2.75. The van der Waals surface area contributed by atoms with Crippen molar-refractivity contribution in [2.24, 2.45) is 0 Å². The molecule has 0 spiro atoms. The Morgan fingerprint density at radius 1 is 0.955 bits per heavy atom. The Bertz CT molecular complexity index is 1010. The number of nitrogens with zero attached hydrogens (tertiary/aromatic N) is 5. The fraction of sp³-hybridized carbons (Fsp3) is 0. The highest BCUT2D eigenvalue weighted by molar-refractivity contribution is 5.93. The Hall–Kier alpha value is -3.35. The molecule has 0 aliphatic heterocycles. The van der Waals surface area contributed by atoms with Crippen molar-refractivity contribution < 1.29 is 4.92 Å². The van der Waals surface area contributed by atoms with Crippen LogP contribution in [-0.2, 0) is 0 Å². The molecule has 0 aliphatic carbocycles. The molecule has 0 unspecified atom stereocenters. The van der Waals surface area contributed by atoms with E-state index >= 15 is 0 Å². The van der Waals surface area contributed by atoms with Crippen LogP contribution < -0.4 is 0 Å². The lowest BCUT2D eigenvalue weighted by atomic mass is 10.2. The Kier molecular flexibility index (Phi) is 2.59. The van der Waals surface area contributed by atoms with Crippen molar-refractivity contribution in [3.63, 3.8) is 0 Å². The number of hydrogen-bond donors (Lipinski definition) is 0. The van der Waals surface area contributed by atoms with Gasteiger partial charge in [-0.05, 0) is 24.3 Å². The minimum atomic E-state index is -0.437. The summed E-state index contributed by atoms with van der Waals surface area (Å²) >= 11 is 0. The molecule has 7 heteroatoms. The number of benzene rings is 2. The van der Waals surface area contributed by atoms with Crippen molar-refractivity contribution in [2.45, 2.75) is 0 Å². The number of aromatic nitrogens is 4. The minimum absolute atomic E-state index is 0.0548. The van der Waals surface area contributed by atoms with Crippen LogP contribution in [-0.4, -0.2) is 24.7 Å². The summed E-state index contributed by atoms with van der Waals surface area (Å²) in [6.45, 7) is 0. The van der Waals surface area contributed by atoms with Crippen LogP contribution in [0.2, 0.25) is 0 Å². The number of rotatable bonds is 2. The molecule has 0 aliphatic rings. The second-order valence-electron chi connectivity index (χ2n) is 4.72. The molecule has 0 radical (unpaired) electrons. The van der Waals surface area contributed by atoms with Crippen LogP contribution in [0, 0.1) is 10.1 Å². The van der Waals surface area contributed by atoms with Gasteiger partial charge in [0.05, 0.1) is 21.5 Å². The third-order valence-corrected chi connectivity index (χ3v) is 3.39. The Balaban J connectivity index is 2.17. The first-order valence-electron chi connectivity index (χ1n) is 6.58. The van der Waals surface area contributed by atoms with E-state index in [1.54, 1.807) is 24.5 Å². The second kappa shape index (κ2) is 4.59. The van der Waals surface area contributed by atoms with E-state index in [1.807, 2.05) is 24.3 Å². The molecule has 2 aromatic carbocycles. The maximum Gasteiger partial charge on any atom is 0.297 e. The SMILES string of the molecule is O=[N+]([O-])c1ccc2nc3ccccc3nc2c1-n1cccn1. The highest BCUT2D eigenvalue weighted by atomic mass is 16.6. The summed E-state index contributed by atoms with van der Waals surface area (Å²) in [5, 5.41) is 15.4. The highest BCUT2D eigenvalue weighted by Crippen LogP contribution is 2.30. The Labute approximate surface area is 124 Å². The summed E-state index contributed by atoms with van der Waals surface area (Å²) < 4.78 is 1.45. The van der Waals surface area contributed by atoms with E-state index in [4.69, 9.17) is 0 Å². The zero-order valence-electron chi connectivity index (χ0n) is 11.2. The molecule has 0 saturated carbocycles. The van der Waals surface area contributed by atoms with Gasteiger partial charge < -0.3 is 0 Å². The molecule has 4 aromatic rings. The molecule has 0 N–H and O–H groups in total. The quantitative estimate of drug-likeness (QED) is 0.322. The van der Waals surface area contributed by atoms with Gasteiger partial charge in [-0.25, -0.2) is 14.6 Å². The lowest BCUT2D eigenvalue weighted by Crippen LogP contribution is -2.03. The second-order valence-corrected chi connectivity index (χ2v) is 4.72. The highest BCUT2D eigenvalue weighted by Gasteiger charge is 2.21. The van der Waals surface area contributed by atoms with Crippen LogP contribution in [0.15, 0.2) is 54.9 Å². The van der Waals surface area contributed by atoms with Crippen molar-refractivity contribution in [3.8, 4) is 5.69 Å². The zero-order valence-corrected chi connectivity index (χ0v) is 11.2. The maximum absolute atomic E-state index is 11.3. The van der Waals surface area contributed by atoms with Gasteiger partial charge in [0.15, 0.2) is 5.69 Å². The van der Waals surface area contributed by atoms with E-state index in [9.17, 15) is 10.1 Å². The van der Waals surface area contributed by atoms with E-state index < -0.39 is 4.92 Å². The maximum atomic E-state index is 11.3. The first kappa shape index (κ1) is 12.4. The molecular weight excluding hydrogens is 282 g/mol. The van der Waals surface area contributed by atoms with E-state index in [1.165, 1.54) is 10.7 Å². The fourth-order valence-electron chi connectivity index (χ4n) is 2.44. The summed E-state index contributed by atoms with van der Waals surface area (Å²) in [5.74, 6) is 0. The molecule has 0 saturated heterocycles. The van der Waals surface area contributed by atoms with Gasteiger partial charge in [-0.3, -0.25) is 10.1 Å². The van der Waals surface area contributed by atoms with Crippen molar-refractivity contribution in [3.05, 3.63) is 65.0 Å². The minimum Gasteiger partial charge on any atom is -0.258 e. The summed E-state index contributed by atoms with van der Waals surface area (Å²) in [4.78, 5) is 20.0. The summed E-state index contributed by atoms with van der Waals surface area (Å²) in [7, 11) is 0. The van der Waals surface area contributed by atoms with Gasteiger partial charge in [-0.1, -0.05) is 12.1 Å². The van der Waals surface area contributed by atoms with Crippen molar-refractivity contribution in [2.75, 3.05) is 0 Å². The van der Waals surface area contributed by atoms with E-state index in [-0.39, 0.29) is 5.69 Å². The molecule has 106 valence electrons. The average Bonchev–Trinajstić information content (AvgIpc) is 3.05. The van der Waals surface area contributed by atoms with Gasteiger partial charge in [0.25, 0.3) is 5.69 Å². The number of para-hydroxylation sites is 2. The van der Waals surface area contributed by atoms with Crippen molar-refractivity contribution in [1.82, 2.24) is 19.7 Å². The van der Waals surface area contributed by atoms with Crippen LogP contribution in [0.1, 0.15) is 0 Å². The molecule has 0 bridgehead atoms. The molecular formula is C15H9N5O2. The number of nitro benzene ring substituents is 1. The van der Waals surface area contributed by atoms with E-state index in [2.05, 4.69) is 15.1 Å². The van der Waals surface area contributed by atoms with Gasteiger partial charge >= 0.3 is 0 Å². The largest absolute Gasteiger partial charge is 0.297 e. The molecule has 2 aromatic heterocycles. The average molecular weight is 291 g/mol. The number of fused-ring (bicyclic) bond motifs is 2. The zero-order chi connectivity index (χ0) is 15.1. The van der Waals surface area contributed by atoms with Crippen LogP contribution in [0.5, 0.6) is 0 Å². The topological polar surface area (TPSA) is 86.7 Å². The normalized spacial score (nSPS) is 11.1. The first-order valence-corrected chi connectivity index (χ1v) is 6.58. The lowest BCUT2D eigenvalue weighted by molar-refractivity contribution is -0.384. The molecule has 4 rings (SSSR count). The van der Waals surface area contributed by atoms with Crippen molar-refractivity contribution >= 4 is 27.8 Å². The van der Waals surface area contributed by atoms with E-state index in [0.717, 1.165) is 5.52 Å². The third kappa shape index (κ3) is 1.80. The van der Waals surface area contributed by atoms with Gasteiger partial charge in [0.2, 0.25) is 0 Å². The Morgan fingerprint density at radius 3 is 2.41 bits per heavy atom. The van der Waals surface area contributed by atoms with Crippen LogP contribution in [0.25, 0.3) is 27.8 Å². The summed E-state index contributed by atoms with van der Waals surface area (Å²) in [6, 6.07) is 12.2. The molecule has 22 heavy (non-hydrogen) atoms. The molecule has 0 fully saturated rings. The summed E-state index contributed by atoms with van der Waals surface area (Å²) in [6.07, 6.45) is 3.22. The molecule has 0 atom stereocenters. The Morgan fingerprint density at radius 2 is 1.73 bits per heavy atom. The van der Waals surface area contributed by atoms with E-state index in [0.29, 0.717) is 22.2 Å². The molecule has 7 nitrogen and oxygen atoms in total. The fourth-order valence-corrected chi connectivity index (χ4v) is 2.44. The lowest BCUT2D eigenvalue weighted by Gasteiger charge is -2.07. The van der Waals surface area contributed by atoms with Crippen LogP contribution >= 0.6 is 0 Å². The van der Waals surface area contributed by atoms with Crippen LogP contribution in [0.3, 0.4) is 0 Å².